The van der Waals surface area contributed by atoms with E-state index in [9.17, 15) is 18.3 Å². The third-order valence-electron chi connectivity index (χ3n) is 5.08. The Balaban J connectivity index is 1.72. The third kappa shape index (κ3) is 3.40. The van der Waals surface area contributed by atoms with Crippen LogP contribution in [0.3, 0.4) is 0 Å². The van der Waals surface area contributed by atoms with Crippen LogP contribution in [0.1, 0.15) is 32.6 Å². The molecular weight excluding hydrogens is 292 g/mol. The first kappa shape index (κ1) is 15.2. The molecule has 0 radical (unpaired) electrons. The summed E-state index contributed by atoms with van der Waals surface area (Å²) in [4.78, 5) is 15.6. The number of sulfone groups is 1. The standard InChI is InChI=1S/C14H24N2O4S/c1-10-6-13(7-15(10)11-2-3-11)16(8-14(17)18)12-4-5-21(19,20)9-12/h10-13H,2-9H2,1H3,(H,17,18). The van der Waals surface area contributed by atoms with Crippen LogP contribution in [0.2, 0.25) is 0 Å². The van der Waals surface area contributed by atoms with Crippen LogP contribution in [0.25, 0.3) is 0 Å². The Morgan fingerprint density at radius 1 is 1.29 bits per heavy atom. The Labute approximate surface area is 126 Å². The van der Waals surface area contributed by atoms with Gasteiger partial charge in [-0.05, 0) is 32.6 Å². The van der Waals surface area contributed by atoms with E-state index in [1.165, 1.54) is 12.8 Å². The molecule has 120 valence electrons. The maximum atomic E-state index is 11.7. The molecule has 2 aliphatic heterocycles. The molecule has 3 unspecified atom stereocenters. The Kier molecular flexibility index (Phi) is 4.00. The number of carboxylic acids is 1. The zero-order valence-corrected chi connectivity index (χ0v) is 13.3. The number of carbonyl (C=O) groups is 1. The number of carboxylic acid groups (broad SMARTS) is 1. The normalized spacial score (nSPS) is 36.4. The quantitative estimate of drug-likeness (QED) is 0.780. The van der Waals surface area contributed by atoms with Gasteiger partial charge in [-0.3, -0.25) is 14.6 Å². The Hall–Kier alpha value is -0.660. The molecule has 7 heteroatoms. The summed E-state index contributed by atoms with van der Waals surface area (Å²) >= 11 is 0. The Bertz CT molecular complexity index is 517. The number of aliphatic carboxylic acids is 1. The third-order valence-corrected chi connectivity index (χ3v) is 6.83. The summed E-state index contributed by atoms with van der Waals surface area (Å²) < 4.78 is 23.4. The van der Waals surface area contributed by atoms with Crippen molar-refractivity contribution in [1.29, 1.82) is 0 Å². The van der Waals surface area contributed by atoms with Crippen molar-refractivity contribution < 1.29 is 18.3 Å². The fraction of sp³-hybridized carbons (Fsp3) is 0.929. The molecule has 0 aromatic heterocycles. The van der Waals surface area contributed by atoms with Gasteiger partial charge in [0, 0.05) is 30.7 Å². The molecule has 6 nitrogen and oxygen atoms in total. The molecule has 3 aliphatic rings. The topological polar surface area (TPSA) is 77.9 Å². The van der Waals surface area contributed by atoms with Crippen LogP contribution in [0.4, 0.5) is 0 Å². The summed E-state index contributed by atoms with van der Waals surface area (Å²) in [5.74, 6) is -0.548. The van der Waals surface area contributed by atoms with Gasteiger partial charge < -0.3 is 5.11 Å². The highest BCUT2D eigenvalue weighted by Crippen LogP contribution is 2.35. The van der Waals surface area contributed by atoms with Gasteiger partial charge in [0.25, 0.3) is 0 Å². The van der Waals surface area contributed by atoms with E-state index in [1.807, 2.05) is 4.90 Å². The van der Waals surface area contributed by atoms with Crippen LogP contribution in [0, 0.1) is 0 Å². The summed E-state index contributed by atoms with van der Waals surface area (Å²) in [6.45, 7) is 3.04. The maximum Gasteiger partial charge on any atom is 0.317 e. The van der Waals surface area contributed by atoms with Crippen LogP contribution in [0.15, 0.2) is 0 Å². The number of rotatable bonds is 5. The molecule has 0 spiro atoms. The summed E-state index contributed by atoms with van der Waals surface area (Å²) in [5.41, 5.74) is 0. The first-order chi connectivity index (χ1) is 9.85. The van der Waals surface area contributed by atoms with Gasteiger partial charge in [0.1, 0.15) is 0 Å². The lowest BCUT2D eigenvalue weighted by Crippen LogP contribution is -2.48. The van der Waals surface area contributed by atoms with E-state index in [0.29, 0.717) is 18.5 Å². The first-order valence-corrected chi connectivity index (χ1v) is 9.61. The molecule has 3 atom stereocenters. The van der Waals surface area contributed by atoms with Crippen molar-refractivity contribution in [3.8, 4) is 0 Å². The molecule has 3 rings (SSSR count). The first-order valence-electron chi connectivity index (χ1n) is 7.79. The molecule has 1 N–H and O–H groups in total. The zero-order chi connectivity index (χ0) is 15.2. The molecule has 1 saturated carbocycles. The van der Waals surface area contributed by atoms with Crippen molar-refractivity contribution in [1.82, 2.24) is 9.80 Å². The van der Waals surface area contributed by atoms with Gasteiger partial charge in [-0.25, -0.2) is 8.42 Å². The van der Waals surface area contributed by atoms with Gasteiger partial charge in [0.05, 0.1) is 18.1 Å². The van der Waals surface area contributed by atoms with E-state index in [-0.39, 0.29) is 30.1 Å². The highest BCUT2D eigenvalue weighted by molar-refractivity contribution is 7.91. The van der Waals surface area contributed by atoms with Crippen molar-refractivity contribution >= 4 is 15.8 Å². The number of hydrogen-bond acceptors (Lipinski definition) is 5. The van der Waals surface area contributed by atoms with E-state index in [0.717, 1.165) is 13.0 Å². The fourth-order valence-corrected chi connectivity index (χ4v) is 5.67. The monoisotopic (exact) mass is 316 g/mol. The van der Waals surface area contributed by atoms with E-state index < -0.39 is 15.8 Å². The second-order valence-electron chi connectivity index (χ2n) is 6.79. The lowest BCUT2D eigenvalue weighted by molar-refractivity contribution is -0.139. The van der Waals surface area contributed by atoms with Crippen molar-refractivity contribution in [2.45, 2.75) is 56.8 Å². The summed E-state index contributed by atoms with van der Waals surface area (Å²) in [6.07, 6.45) is 4.01. The fourth-order valence-electron chi connectivity index (χ4n) is 3.93. The van der Waals surface area contributed by atoms with Gasteiger partial charge >= 0.3 is 5.97 Å². The van der Waals surface area contributed by atoms with Crippen LogP contribution in [-0.2, 0) is 14.6 Å². The smallest absolute Gasteiger partial charge is 0.317 e. The highest BCUT2D eigenvalue weighted by Gasteiger charge is 2.44. The predicted molar refractivity (Wildman–Crippen MR) is 79.0 cm³/mol. The molecule has 3 fully saturated rings. The van der Waals surface area contributed by atoms with Gasteiger partial charge in [-0.15, -0.1) is 0 Å². The second-order valence-corrected chi connectivity index (χ2v) is 9.02. The minimum Gasteiger partial charge on any atom is -0.480 e. The van der Waals surface area contributed by atoms with Crippen molar-refractivity contribution in [3.05, 3.63) is 0 Å². The van der Waals surface area contributed by atoms with Gasteiger partial charge in [-0.2, -0.15) is 0 Å². The van der Waals surface area contributed by atoms with Gasteiger partial charge in [0.15, 0.2) is 9.84 Å². The number of nitrogens with zero attached hydrogens (tertiary/aromatic N) is 2. The summed E-state index contributed by atoms with van der Waals surface area (Å²) in [7, 11) is -2.99. The zero-order valence-electron chi connectivity index (χ0n) is 12.4. The van der Waals surface area contributed by atoms with Crippen molar-refractivity contribution in [3.63, 3.8) is 0 Å². The lowest BCUT2D eigenvalue weighted by Gasteiger charge is -2.32. The number of hydrogen-bond donors (Lipinski definition) is 1. The SMILES string of the molecule is CC1CC(N(CC(=O)O)C2CCS(=O)(=O)C2)CN1C1CC1. The minimum atomic E-state index is -2.99. The molecule has 2 saturated heterocycles. The highest BCUT2D eigenvalue weighted by atomic mass is 32.2. The lowest BCUT2D eigenvalue weighted by atomic mass is 10.1. The van der Waals surface area contributed by atoms with Gasteiger partial charge in [-0.1, -0.05) is 0 Å². The van der Waals surface area contributed by atoms with Crippen molar-refractivity contribution in [2.75, 3.05) is 24.6 Å². The molecule has 0 aromatic rings. The van der Waals surface area contributed by atoms with Crippen LogP contribution >= 0.6 is 0 Å². The average Bonchev–Trinajstić information content (AvgIpc) is 3.06. The molecule has 0 bridgehead atoms. The maximum absolute atomic E-state index is 11.7. The molecule has 21 heavy (non-hydrogen) atoms. The van der Waals surface area contributed by atoms with Crippen LogP contribution in [-0.4, -0.2) is 78.1 Å². The minimum absolute atomic E-state index is 0.0456. The van der Waals surface area contributed by atoms with Crippen LogP contribution in [0.5, 0.6) is 0 Å². The molecule has 0 amide bonds. The Morgan fingerprint density at radius 2 is 2.00 bits per heavy atom. The summed E-state index contributed by atoms with van der Waals surface area (Å²) in [5, 5.41) is 9.18. The van der Waals surface area contributed by atoms with E-state index in [4.69, 9.17) is 0 Å². The van der Waals surface area contributed by atoms with E-state index >= 15 is 0 Å². The molecular formula is C14H24N2O4S. The molecule has 1 aliphatic carbocycles. The van der Waals surface area contributed by atoms with E-state index in [1.54, 1.807) is 0 Å². The predicted octanol–water partition coefficient (Wildman–Crippen LogP) is 0.185. The van der Waals surface area contributed by atoms with Crippen molar-refractivity contribution in [2.24, 2.45) is 0 Å². The van der Waals surface area contributed by atoms with Gasteiger partial charge in [0.2, 0.25) is 0 Å². The van der Waals surface area contributed by atoms with Crippen LogP contribution < -0.4 is 0 Å². The second kappa shape index (κ2) is 5.52. The summed E-state index contributed by atoms with van der Waals surface area (Å²) in [6, 6.07) is 1.19. The Morgan fingerprint density at radius 3 is 2.52 bits per heavy atom. The largest absolute Gasteiger partial charge is 0.480 e. The average molecular weight is 316 g/mol. The number of likely N-dealkylation sites (tertiary alicyclic amines) is 1. The molecule has 2 heterocycles. The molecule has 0 aromatic carbocycles. The van der Waals surface area contributed by atoms with E-state index in [2.05, 4.69) is 11.8 Å².